The number of hydrogen-bond acceptors (Lipinski definition) is 3. The van der Waals surface area contributed by atoms with Gasteiger partial charge in [0.15, 0.2) is 9.84 Å². The number of fused-ring (bicyclic) bond motifs is 1. The number of piperidine rings is 1. The molecule has 1 aliphatic rings. The van der Waals surface area contributed by atoms with Crippen LogP contribution in [0.25, 0.3) is 10.8 Å². The molecular formula is C18H20FNO3S. The van der Waals surface area contributed by atoms with E-state index in [0.29, 0.717) is 11.9 Å². The van der Waals surface area contributed by atoms with Crippen molar-refractivity contribution in [3.8, 4) is 0 Å². The molecule has 1 unspecified atom stereocenters. The van der Waals surface area contributed by atoms with Gasteiger partial charge in [0.25, 0.3) is 0 Å². The maximum atomic E-state index is 13.9. The van der Waals surface area contributed by atoms with Crippen LogP contribution in [-0.2, 0) is 14.6 Å². The van der Waals surface area contributed by atoms with Gasteiger partial charge in [0.1, 0.15) is 11.6 Å². The van der Waals surface area contributed by atoms with Crippen molar-refractivity contribution in [2.75, 3.05) is 12.3 Å². The highest BCUT2D eigenvalue weighted by molar-refractivity contribution is 7.92. The van der Waals surface area contributed by atoms with Gasteiger partial charge >= 0.3 is 0 Å². The Morgan fingerprint density at radius 3 is 2.58 bits per heavy atom. The Morgan fingerprint density at radius 2 is 1.88 bits per heavy atom. The summed E-state index contributed by atoms with van der Waals surface area (Å²) in [6.07, 6.45) is 2.85. The van der Waals surface area contributed by atoms with Gasteiger partial charge in [-0.1, -0.05) is 24.3 Å². The minimum Gasteiger partial charge on any atom is -0.339 e. The molecule has 24 heavy (non-hydrogen) atoms. The number of carbonyl (C=O) groups excluding carboxylic acids is 1. The summed E-state index contributed by atoms with van der Waals surface area (Å²) in [6.45, 7) is 2.54. The molecule has 128 valence electrons. The van der Waals surface area contributed by atoms with Crippen LogP contribution < -0.4 is 0 Å². The van der Waals surface area contributed by atoms with E-state index < -0.39 is 21.4 Å². The third kappa shape index (κ3) is 3.15. The second-order valence-electron chi connectivity index (χ2n) is 6.28. The van der Waals surface area contributed by atoms with Gasteiger partial charge in [-0.3, -0.25) is 4.79 Å². The highest BCUT2D eigenvalue weighted by atomic mass is 32.2. The van der Waals surface area contributed by atoms with E-state index in [2.05, 4.69) is 0 Å². The number of rotatable bonds is 3. The van der Waals surface area contributed by atoms with Crippen LogP contribution in [0.5, 0.6) is 0 Å². The average Bonchev–Trinajstić information content (AvgIpc) is 2.55. The topological polar surface area (TPSA) is 54.5 Å². The minimum absolute atomic E-state index is 0.0116. The fourth-order valence-corrected chi connectivity index (χ4v) is 4.73. The monoisotopic (exact) mass is 349 g/mol. The van der Waals surface area contributed by atoms with Crippen LogP contribution in [0.3, 0.4) is 0 Å². The van der Waals surface area contributed by atoms with E-state index in [0.717, 1.165) is 25.3 Å². The predicted octanol–water partition coefficient (Wildman–Crippen LogP) is 3.15. The summed E-state index contributed by atoms with van der Waals surface area (Å²) >= 11 is 0. The van der Waals surface area contributed by atoms with Crippen LogP contribution in [0.2, 0.25) is 0 Å². The van der Waals surface area contributed by atoms with Crippen molar-refractivity contribution in [3.63, 3.8) is 0 Å². The zero-order valence-corrected chi connectivity index (χ0v) is 14.4. The number of sulfone groups is 1. The number of carbonyl (C=O) groups is 1. The van der Waals surface area contributed by atoms with Gasteiger partial charge in [0.05, 0.1) is 4.90 Å². The molecule has 2 aromatic carbocycles. The molecule has 1 saturated heterocycles. The Labute approximate surface area is 141 Å². The van der Waals surface area contributed by atoms with Crippen LogP contribution in [0.1, 0.15) is 26.2 Å². The van der Waals surface area contributed by atoms with Crippen LogP contribution in [0.4, 0.5) is 4.39 Å². The minimum atomic E-state index is -3.83. The molecule has 0 aliphatic carbocycles. The first-order valence-electron chi connectivity index (χ1n) is 8.09. The molecule has 4 nitrogen and oxygen atoms in total. The standard InChI is InChI=1S/C18H20FNO3S/c1-13-6-4-5-11-20(13)18(21)12-24(22,23)17-10-9-16(19)14-7-2-3-8-15(14)17/h2-3,7-10,13H,4-6,11-12H2,1H3. The Balaban J connectivity index is 1.94. The van der Waals surface area contributed by atoms with Crippen molar-refractivity contribution in [1.82, 2.24) is 4.90 Å². The first-order valence-corrected chi connectivity index (χ1v) is 9.75. The molecular weight excluding hydrogens is 329 g/mol. The summed E-state index contributed by atoms with van der Waals surface area (Å²) in [6, 6.07) is 8.88. The number of halogens is 1. The lowest BCUT2D eigenvalue weighted by atomic mass is 10.0. The number of hydrogen-bond donors (Lipinski definition) is 0. The molecule has 0 saturated carbocycles. The molecule has 1 aliphatic heterocycles. The summed E-state index contributed by atoms with van der Waals surface area (Å²) in [5, 5.41) is 0.564. The highest BCUT2D eigenvalue weighted by Gasteiger charge is 2.29. The van der Waals surface area contributed by atoms with Gasteiger partial charge in [-0.25, -0.2) is 12.8 Å². The zero-order chi connectivity index (χ0) is 17.3. The molecule has 0 aromatic heterocycles. The SMILES string of the molecule is CC1CCCCN1C(=O)CS(=O)(=O)c1ccc(F)c2ccccc12. The molecule has 0 radical (unpaired) electrons. The Bertz CT molecular complexity index is 879. The summed E-state index contributed by atoms with van der Waals surface area (Å²) in [7, 11) is -3.83. The number of likely N-dealkylation sites (tertiary alicyclic amines) is 1. The molecule has 1 atom stereocenters. The number of nitrogens with zero attached hydrogens (tertiary/aromatic N) is 1. The van der Waals surface area contributed by atoms with E-state index in [1.165, 1.54) is 12.1 Å². The Hall–Kier alpha value is -1.95. The molecule has 2 aromatic rings. The normalized spacial score (nSPS) is 18.8. The number of amides is 1. The van der Waals surface area contributed by atoms with Crippen LogP contribution in [0, 0.1) is 5.82 Å². The van der Waals surface area contributed by atoms with Gasteiger partial charge < -0.3 is 4.90 Å². The second kappa shape index (κ2) is 6.51. The lowest BCUT2D eigenvalue weighted by Crippen LogP contribution is -2.44. The van der Waals surface area contributed by atoms with Gasteiger partial charge in [-0.15, -0.1) is 0 Å². The predicted molar refractivity (Wildman–Crippen MR) is 91.0 cm³/mol. The Morgan fingerprint density at radius 1 is 1.17 bits per heavy atom. The van der Waals surface area contributed by atoms with E-state index >= 15 is 0 Å². The van der Waals surface area contributed by atoms with E-state index in [1.807, 2.05) is 6.92 Å². The maximum absolute atomic E-state index is 13.9. The van der Waals surface area contributed by atoms with Gasteiger partial charge in [-0.05, 0) is 38.3 Å². The average molecular weight is 349 g/mol. The van der Waals surface area contributed by atoms with E-state index in [4.69, 9.17) is 0 Å². The lowest BCUT2D eigenvalue weighted by Gasteiger charge is -2.33. The maximum Gasteiger partial charge on any atom is 0.238 e. The third-order valence-electron chi connectivity index (χ3n) is 4.60. The largest absolute Gasteiger partial charge is 0.339 e. The fourth-order valence-electron chi connectivity index (χ4n) is 3.30. The molecule has 1 fully saturated rings. The zero-order valence-electron chi connectivity index (χ0n) is 13.5. The first-order chi connectivity index (χ1) is 11.4. The summed E-state index contributed by atoms with van der Waals surface area (Å²) in [5.41, 5.74) is 0. The van der Waals surface area contributed by atoms with Crippen molar-refractivity contribution >= 4 is 26.5 Å². The van der Waals surface area contributed by atoms with Crippen molar-refractivity contribution in [2.24, 2.45) is 0 Å². The summed E-state index contributed by atoms with van der Waals surface area (Å²) in [4.78, 5) is 14.1. The summed E-state index contributed by atoms with van der Waals surface area (Å²) < 4.78 is 39.4. The molecule has 6 heteroatoms. The van der Waals surface area contributed by atoms with Gasteiger partial charge in [0, 0.05) is 23.4 Å². The quantitative estimate of drug-likeness (QED) is 0.800. The smallest absolute Gasteiger partial charge is 0.238 e. The van der Waals surface area contributed by atoms with Gasteiger partial charge in [0.2, 0.25) is 5.91 Å². The van der Waals surface area contributed by atoms with E-state index in [-0.39, 0.29) is 22.2 Å². The van der Waals surface area contributed by atoms with Crippen molar-refractivity contribution < 1.29 is 17.6 Å². The Kier molecular flexibility index (Phi) is 4.58. The van der Waals surface area contributed by atoms with Gasteiger partial charge in [-0.2, -0.15) is 0 Å². The third-order valence-corrected chi connectivity index (χ3v) is 6.26. The molecule has 1 heterocycles. The molecule has 3 rings (SSSR count). The highest BCUT2D eigenvalue weighted by Crippen LogP contribution is 2.27. The molecule has 0 bridgehead atoms. The number of benzene rings is 2. The first kappa shape index (κ1) is 16.9. The second-order valence-corrected chi connectivity index (χ2v) is 8.24. The van der Waals surface area contributed by atoms with E-state index in [1.54, 1.807) is 23.1 Å². The van der Waals surface area contributed by atoms with E-state index in [9.17, 15) is 17.6 Å². The molecule has 0 spiro atoms. The fraction of sp³-hybridized carbons (Fsp3) is 0.389. The van der Waals surface area contributed by atoms with Crippen LogP contribution in [0.15, 0.2) is 41.3 Å². The lowest BCUT2D eigenvalue weighted by molar-refractivity contribution is -0.131. The van der Waals surface area contributed by atoms with Crippen LogP contribution in [-0.4, -0.2) is 37.6 Å². The van der Waals surface area contributed by atoms with Crippen molar-refractivity contribution in [3.05, 3.63) is 42.2 Å². The molecule has 0 N–H and O–H groups in total. The van der Waals surface area contributed by atoms with Crippen molar-refractivity contribution in [2.45, 2.75) is 37.1 Å². The molecule has 1 amide bonds. The van der Waals surface area contributed by atoms with Crippen molar-refractivity contribution in [1.29, 1.82) is 0 Å². The summed E-state index contributed by atoms with van der Waals surface area (Å²) in [5.74, 6) is -1.43. The van der Waals surface area contributed by atoms with Crippen LogP contribution >= 0.6 is 0 Å².